The fourth-order valence-corrected chi connectivity index (χ4v) is 0.889. The van der Waals surface area contributed by atoms with Crippen molar-refractivity contribution in [2.45, 2.75) is 6.42 Å². The van der Waals surface area contributed by atoms with Crippen LogP contribution in [-0.4, -0.2) is 28.2 Å². The van der Waals surface area contributed by atoms with Gasteiger partial charge in [-0.15, -0.1) is 0 Å². The van der Waals surface area contributed by atoms with E-state index in [4.69, 9.17) is 16.7 Å². The molecular formula is C7H9ClFN3O. The van der Waals surface area contributed by atoms with Gasteiger partial charge in [0.1, 0.15) is 0 Å². The molecule has 0 fully saturated rings. The number of anilines is 1. The highest BCUT2D eigenvalue weighted by Gasteiger charge is 2.03. The van der Waals surface area contributed by atoms with Crippen molar-refractivity contribution in [2.75, 3.05) is 18.5 Å². The van der Waals surface area contributed by atoms with E-state index in [1.807, 2.05) is 0 Å². The lowest BCUT2D eigenvalue weighted by Gasteiger charge is -2.04. The maximum Gasteiger partial charge on any atom is 0.224 e. The van der Waals surface area contributed by atoms with Crippen LogP contribution < -0.4 is 5.32 Å². The van der Waals surface area contributed by atoms with E-state index in [1.165, 1.54) is 0 Å². The van der Waals surface area contributed by atoms with Crippen molar-refractivity contribution < 1.29 is 9.50 Å². The third-order valence-corrected chi connectivity index (χ3v) is 1.52. The summed E-state index contributed by atoms with van der Waals surface area (Å²) in [6.45, 7) is 0.494. The highest BCUT2D eigenvalue weighted by molar-refractivity contribution is 6.28. The van der Waals surface area contributed by atoms with Crippen LogP contribution in [0.4, 0.5) is 10.2 Å². The summed E-state index contributed by atoms with van der Waals surface area (Å²) in [5.74, 6) is -0.490. The summed E-state index contributed by atoms with van der Waals surface area (Å²) in [4.78, 5) is 7.09. The van der Waals surface area contributed by atoms with Crippen molar-refractivity contribution in [1.29, 1.82) is 0 Å². The molecule has 6 heteroatoms. The number of rotatable bonds is 4. The van der Waals surface area contributed by atoms with Gasteiger partial charge in [0, 0.05) is 13.2 Å². The fourth-order valence-electron chi connectivity index (χ4n) is 0.755. The average Bonchev–Trinajstić information content (AvgIpc) is 2.11. The van der Waals surface area contributed by atoms with Gasteiger partial charge in [-0.3, -0.25) is 0 Å². The van der Waals surface area contributed by atoms with E-state index in [2.05, 4.69) is 15.3 Å². The molecule has 13 heavy (non-hydrogen) atoms. The summed E-state index contributed by atoms with van der Waals surface area (Å²) in [7, 11) is 0. The first kappa shape index (κ1) is 10.1. The first-order chi connectivity index (χ1) is 6.24. The first-order valence-corrected chi connectivity index (χ1v) is 4.14. The number of hydrogen-bond acceptors (Lipinski definition) is 4. The fraction of sp³-hybridized carbons (Fsp3) is 0.429. The van der Waals surface area contributed by atoms with Crippen LogP contribution in [-0.2, 0) is 0 Å². The molecule has 0 saturated heterocycles. The molecule has 4 nitrogen and oxygen atoms in total. The smallest absolute Gasteiger partial charge is 0.224 e. The minimum Gasteiger partial charge on any atom is -0.396 e. The zero-order valence-electron chi connectivity index (χ0n) is 6.80. The van der Waals surface area contributed by atoms with Gasteiger partial charge in [0.15, 0.2) is 11.6 Å². The minimum absolute atomic E-state index is 0.00658. The summed E-state index contributed by atoms with van der Waals surface area (Å²) in [6, 6.07) is 0. The summed E-state index contributed by atoms with van der Waals surface area (Å²) < 4.78 is 12.9. The quantitative estimate of drug-likeness (QED) is 0.570. The molecule has 2 N–H and O–H groups in total. The number of nitrogens with zero attached hydrogens (tertiary/aromatic N) is 2. The van der Waals surface area contributed by atoms with Gasteiger partial charge in [-0.25, -0.2) is 9.37 Å². The van der Waals surface area contributed by atoms with Gasteiger partial charge in [0.05, 0.1) is 6.20 Å². The summed E-state index contributed by atoms with van der Waals surface area (Å²) in [5.41, 5.74) is 0. The zero-order valence-corrected chi connectivity index (χ0v) is 7.55. The maximum atomic E-state index is 12.9. The standard InChI is InChI=1S/C7H9ClFN3O/c8-7-11-4-5(9)6(12-7)10-2-1-3-13/h4,13H,1-3H2,(H,10,11,12). The van der Waals surface area contributed by atoms with Crippen LogP contribution in [0.2, 0.25) is 5.28 Å². The van der Waals surface area contributed by atoms with Gasteiger partial charge in [-0.2, -0.15) is 4.98 Å². The highest BCUT2D eigenvalue weighted by atomic mass is 35.5. The second kappa shape index (κ2) is 4.94. The van der Waals surface area contributed by atoms with Crippen LogP contribution in [0.3, 0.4) is 0 Å². The number of aliphatic hydroxyl groups is 1. The zero-order chi connectivity index (χ0) is 9.68. The monoisotopic (exact) mass is 205 g/mol. The van der Waals surface area contributed by atoms with Crippen molar-refractivity contribution in [2.24, 2.45) is 0 Å². The second-order valence-corrected chi connectivity index (χ2v) is 2.68. The van der Waals surface area contributed by atoms with E-state index < -0.39 is 5.82 Å². The van der Waals surface area contributed by atoms with E-state index in [1.54, 1.807) is 0 Å². The van der Waals surface area contributed by atoms with Crippen LogP contribution in [0.5, 0.6) is 0 Å². The lowest BCUT2D eigenvalue weighted by Crippen LogP contribution is -2.07. The lowest BCUT2D eigenvalue weighted by atomic mass is 10.4. The van der Waals surface area contributed by atoms with Gasteiger partial charge in [-0.05, 0) is 18.0 Å². The summed E-state index contributed by atoms with van der Waals surface area (Å²) >= 11 is 5.45. The van der Waals surface area contributed by atoms with Crippen LogP contribution in [0, 0.1) is 5.82 Å². The molecule has 0 atom stereocenters. The molecule has 0 radical (unpaired) electrons. The molecule has 0 unspecified atom stereocenters. The van der Waals surface area contributed by atoms with E-state index in [-0.39, 0.29) is 17.7 Å². The molecule has 1 aromatic heterocycles. The lowest BCUT2D eigenvalue weighted by molar-refractivity contribution is 0.292. The number of aromatic nitrogens is 2. The van der Waals surface area contributed by atoms with E-state index >= 15 is 0 Å². The highest BCUT2D eigenvalue weighted by Crippen LogP contribution is 2.11. The molecule has 0 aromatic carbocycles. The molecule has 1 heterocycles. The van der Waals surface area contributed by atoms with Crippen LogP contribution in [0.1, 0.15) is 6.42 Å². The molecule has 0 saturated carbocycles. The summed E-state index contributed by atoms with van der Waals surface area (Å²) in [6.07, 6.45) is 1.53. The molecule has 0 aliphatic carbocycles. The Hall–Kier alpha value is -0.940. The Bertz CT molecular complexity index is 284. The van der Waals surface area contributed by atoms with Crippen molar-refractivity contribution in [3.63, 3.8) is 0 Å². The second-order valence-electron chi connectivity index (χ2n) is 2.34. The first-order valence-electron chi connectivity index (χ1n) is 3.77. The third kappa shape index (κ3) is 3.12. The SMILES string of the molecule is OCCCNc1nc(Cl)ncc1F. The van der Waals surface area contributed by atoms with E-state index in [9.17, 15) is 4.39 Å². The maximum absolute atomic E-state index is 12.9. The molecule has 0 aliphatic heterocycles. The molecule has 1 aromatic rings. The van der Waals surface area contributed by atoms with Crippen molar-refractivity contribution >= 4 is 17.4 Å². The molecule has 0 aliphatic rings. The Balaban J connectivity index is 2.59. The Labute approximate surface area is 79.8 Å². The number of halogens is 2. The minimum atomic E-state index is -0.553. The van der Waals surface area contributed by atoms with Crippen LogP contribution in [0.25, 0.3) is 0 Å². The predicted octanol–water partition coefficient (Wildman–Crippen LogP) is 1.06. The average molecular weight is 206 g/mol. The van der Waals surface area contributed by atoms with E-state index in [0.717, 1.165) is 6.20 Å². The summed E-state index contributed by atoms with van der Waals surface area (Å²) in [5, 5.41) is 11.2. The van der Waals surface area contributed by atoms with Gasteiger partial charge in [0.2, 0.25) is 5.28 Å². The molecule has 0 spiro atoms. The Morgan fingerprint density at radius 2 is 2.38 bits per heavy atom. The predicted molar refractivity (Wildman–Crippen MR) is 47.2 cm³/mol. The van der Waals surface area contributed by atoms with E-state index in [0.29, 0.717) is 13.0 Å². The Kier molecular flexibility index (Phi) is 3.85. The molecule has 0 amide bonds. The molecule has 72 valence electrons. The normalized spacial score (nSPS) is 10.1. The van der Waals surface area contributed by atoms with Crippen molar-refractivity contribution in [3.8, 4) is 0 Å². The van der Waals surface area contributed by atoms with Crippen LogP contribution in [0.15, 0.2) is 6.20 Å². The number of hydrogen-bond donors (Lipinski definition) is 2. The molecule has 1 rings (SSSR count). The molecule has 0 bridgehead atoms. The Morgan fingerprint density at radius 1 is 1.62 bits per heavy atom. The number of aliphatic hydroxyl groups excluding tert-OH is 1. The van der Waals surface area contributed by atoms with Gasteiger partial charge in [0.25, 0.3) is 0 Å². The third-order valence-electron chi connectivity index (χ3n) is 1.34. The Morgan fingerprint density at radius 3 is 3.08 bits per heavy atom. The van der Waals surface area contributed by atoms with Crippen LogP contribution >= 0.6 is 11.6 Å². The largest absolute Gasteiger partial charge is 0.396 e. The number of nitrogens with one attached hydrogen (secondary N) is 1. The van der Waals surface area contributed by atoms with Gasteiger partial charge >= 0.3 is 0 Å². The topological polar surface area (TPSA) is 58.0 Å². The van der Waals surface area contributed by atoms with Gasteiger partial charge in [-0.1, -0.05) is 0 Å². The van der Waals surface area contributed by atoms with Crippen molar-refractivity contribution in [3.05, 3.63) is 17.3 Å². The van der Waals surface area contributed by atoms with Crippen molar-refractivity contribution in [1.82, 2.24) is 9.97 Å². The van der Waals surface area contributed by atoms with Gasteiger partial charge < -0.3 is 10.4 Å². The molecular weight excluding hydrogens is 197 g/mol.